The lowest BCUT2D eigenvalue weighted by Gasteiger charge is -2.27. The third-order valence-electron chi connectivity index (χ3n) is 2.70. The number of hydrogen-bond acceptors (Lipinski definition) is 3. The van der Waals surface area contributed by atoms with Crippen molar-refractivity contribution in [2.45, 2.75) is 32.9 Å². The van der Waals surface area contributed by atoms with E-state index in [1.165, 1.54) is 4.88 Å². The van der Waals surface area contributed by atoms with Crippen molar-refractivity contribution < 1.29 is 5.11 Å². The van der Waals surface area contributed by atoms with E-state index < -0.39 is 5.60 Å². The van der Waals surface area contributed by atoms with Crippen LogP contribution < -0.4 is 5.32 Å². The molecular formula is C11H18BrNOS. The van der Waals surface area contributed by atoms with Crippen LogP contribution in [0.4, 0.5) is 0 Å². The molecule has 0 aliphatic heterocycles. The van der Waals surface area contributed by atoms with Crippen LogP contribution in [0.15, 0.2) is 15.9 Å². The Bertz CT molecular complexity index is 309. The third-order valence-corrected chi connectivity index (χ3v) is 4.63. The molecule has 0 fully saturated rings. The lowest BCUT2D eigenvalue weighted by atomic mass is 9.93. The van der Waals surface area contributed by atoms with Gasteiger partial charge in [0.1, 0.15) is 0 Å². The summed E-state index contributed by atoms with van der Waals surface area (Å²) < 4.78 is 1.14. The highest BCUT2D eigenvalue weighted by Gasteiger charge is 2.24. The predicted molar refractivity (Wildman–Crippen MR) is 69.2 cm³/mol. The number of nitrogens with one attached hydrogen (secondary N) is 1. The molecule has 0 aromatic carbocycles. The molecule has 0 amide bonds. The number of rotatable bonds is 5. The Kier molecular flexibility index (Phi) is 4.77. The van der Waals surface area contributed by atoms with Crippen LogP contribution in [-0.2, 0) is 6.54 Å². The molecule has 1 aromatic rings. The molecule has 1 rings (SSSR count). The van der Waals surface area contributed by atoms with Crippen LogP contribution in [-0.4, -0.2) is 17.3 Å². The summed E-state index contributed by atoms with van der Waals surface area (Å²) in [6.07, 6.45) is 0. The highest BCUT2D eigenvalue weighted by Crippen LogP contribution is 2.22. The SMILES string of the molecule is CC(C)C(C)(O)CNCc1sccc1Br. The molecule has 0 spiro atoms. The molecule has 2 N–H and O–H groups in total. The van der Waals surface area contributed by atoms with Crippen LogP contribution in [0.1, 0.15) is 25.6 Å². The monoisotopic (exact) mass is 291 g/mol. The topological polar surface area (TPSA) is 32.3 Å². The second kappa shape index (κ2) is 5.43. The van der Waals surface area contributed by atoms with Crippen molar-refractivity contribution in [3.8, 4) is 0 Å². The molecule has 1 heterocycles. The normalized spacial score (nSPS) is 15.6. The third kappa shape index (κ3) is 3.87. The van der Waals surface area contributed by atoms with Crippen LogP contribution in [0, 0.1) is 5.92 Å². The number of thiophene rings is 1. The zero-order valence-electron chi connectivity index (χ0n) is 9.38. The minimum Gasteiger partial charge on any atom is -0.389 e. The van der Waals surface area contributed by atoms with Gasteiger partial charge in [0.2, 0.25) is 0 Å². The molecular weight excluding hydrogens is 274 g/mol. The van der Waals surface area contributed by atoms with E-state index >= 15 is 0 Å². The summed E-state index contributed by atoms with van der Waals surface area (Å²) in [5.41, 5.74) is -0.635. The zero-order valence-corrected chi connectivity index (χ0v) is 11.8. The lowest BCUT2D eigenvalue weighted by Crippen LogP contribution is -2.41. The Morgan fingerprint density at radius 3 is 2.73 bits per heavy atom. The number of aliphatic hydroxyl groups is 1. The predicted octanol–water partition coefficient (Wildman–Crippen LogP) is 3.01. The van der Waals surface area contributed by atoms with Gasteiger partial charge in [0.05, 0.1) is 5.60 Å². The van der Waals surface area contributed by atoms with Crippen LogP contribution >= 0.6 is 27.3 Å². The molecule has 0 saturated heterocycles. The smallest absolute Gasteiger partial charge is 0.0766 e. The average Bonchev–Trinajstić information content (AvgIpc) is 2.51. The Labute approximate surface area is 104 Å². The minimum absolute atomic E-state index is 0.261. The summed E-state index contributed by atoms with van der Waals surface area (Å²) in [4.78, 5) is 1.27. The molecule has 15 heavy (non-hydrogen) atoms. The molecule has 2 nitrogen and oxygen atoms in total. The van der Waals surface area contributed by atoms with Crippen molar-refractivity contribution in [3.63, 3.8) is 0 Å². The average molecular weight is 292 g/mol. The summed E-state index contributed by atoms with van der Waals surface area (Å²) in [7, 11) is 0. The van der Waals surface area contributed by atoms with Crippen molar-refractivity contribution in [1.82, 2.24) is 5.32 Å². The Morgan fingerprint density at radius 1 is 1.60 bits per heavy atom. The quantitative estimate of drug-likeness (QED) is 0.874. The van der Waals surface area contributed by atoms with Crippen LogP contribution in [0.3, 0.4) is 0 Å². The fourth-order valence-electron chi connectivity index (χ4n) is 1.08. The maximum atomic E-state index is 10.0. The number of halogens is 1. The van der Waals surface area contributed by atoms with Gasteiger partial charge in [0.15, 0.2) is 0 Å². The Hall–Kier alpha value is 0.100. The summed E-state index contributed by atoms with van der Waals surface area (Å²) in [6, 6.07) is 2.04. The fourth-order valence-corrected chi connectivity index (χ4v) is 2.55. The van der Waals surface area contributed by atoms with Gasteiger partial charge in [0, 0.05) is 22.4 Å². The second-order valence-electron chi connectivity index (χ2n) is 4.31. The van der Waals surface area contributed by atoms with Gasteiger partial charge in [-0.2, -0.15) is 0 Å². The van der Waals surface area contributed by atoms with E-state index in [1.807, 2.05) is 26.8 Å². The number of hydrogen-bond donors (Lipinski definition) is 2. The first-order chi connectivity index (χ1) is 6.93. The zero-order chi connectivity index (χ0) is 11.5. The standard InChI is InChI=1S/C11H18BrNOS/c1-8(2)11(3,14)7-13-6-10-9(12)4-5-15-10/h4-5,8,13-14H,6-7H2,1-3H3. The van der Waals surface area contributed by atoms with E-state index in [9.17, 15) is 5.11 Å². The van der Waals surface area contributed by atoms with Gasteiger partial charge in [-0.05, 0) is 40.2 Å². The van der Waals surface area contributed by atoms with E-state index in [0.717, 1.165) is 11.0 Å². The maximum absolute atomic E-state index is 10.0. The lowest BCUT2D eigenvalue weighted by molar-refractivity contribution is 0.0140. The second-order valence-corrected chi connectivity index (χ2v) is 6.16. The molecule has 4 heteroatoms. The van der Waals surface area contributed by atoms with E-state index in [1.54, 1.807) is 11.3 Å². The largest absolute Gasteiger partial charge is 0.389 e. The van der Waals surface area contributed by atoms with Crippen molar-refractivity contribution in [3.05, 3.63) is 20.8 Å². The highest BCUT2D eigenvalue weighted by molar-refractivity contribution is 9.10. The first-order valence-corrected chi connectivity index (χ1v) is 6.75. The Balaban J connectivity index is 2.37. The van der Waals surface area contributed by atoms with Crippen LogP contribution in [0.5, 0.6) is 0 Å². The van der Waals surface area contributed by atoms with Crippen molar-refractivity contribution >= 4 is 27.3 Å². The molecule has 0 saturated carbocycles. The van der Waals surface area contributed by atoms with Gasteiger partial charge in [-0.25, -0.2) is 0 Å². The molecule has 0 radical (unpaired) electrons. The highest BCUT2D eigenvalue weighted by atomic mass is 79.9. The van der Waals surface area contributed by atoms with Gasteiger partial charge in [-0.3, -0.25) is 0 Å². The van der Waals surface area contributed by atoms with E-state index in [2.05, 4.69) is 26.6 Å². The van der Waals surface area contributed by atoms with E-state index in [0.29, 0.717) is 6.54 Å². The maximum Gasteiger partial charge on any atom is 0.0766 e. The molecule has 0 aliphatic rings. The van der Waals surface area contributed by atoms with Crippen LogP contribution in [0.2, 0.25) is 0 Å². The molecule has 1 aromatic heterocycles. The van der Waals surface area contributed by atoms with Gasteiger partial charge in [-0.15, -0.1) is 11.3 Å². The molecule has 0 bridgehead atoms. The molecule has 1 unspecified atom stereocenters. The van der Waals surface area contributed by atoms with Crippen molar-refractivity contribution in [2.75, 3.05) is 6.54 Å². The van der Waals surface area contributed by atoms with Gasteiger partial charge in [0.25, 0.3) is 0 Å². The molecule has 1 atom stereocenters. The first-order valence-electron chi connectivity index (χ1n) is 5.08. The van der Waals surface area contributed by atoms with Crippen molar-refractivity contribution in [2.24, 2.45) is 5.92 Å². The molecule has 86 valence electrons. The van der Waals surface area contributed by atoms with Crippen LogP contribution in [0.25, 0.3) is 0 Å². The summed E-state index contributed by atoms with van der Waals surface area (Å²) in [5, 5.41) is 15.4. The summed E-state index contributed by atoms with van der Waals surface area (Å²) in [6.45, 7) is 7.36. The van der Waals surface area contributed by atoms with E-state index in [-0.39, 0.29) is 5.92 Å². The fraction of sp³-hybridized carbons (Fsp3) is 0.636. The summed E-state index contributed by atoms with van der Waals surface area (Å²) in [5.74, 6) is 0.261. The minimum atomic E-state index is -0.635. The van der Waals surface area contributed by atoms with Gasteiger partial charge < -0.3 is 10.4 Å². The van der Waals surface area contributed by atoms with Crippen molar-refractivity contribution in [1.29, 1.82) is 0 Å². The van der Waals surface area contributed by atoms with Gasteiger partial charge >= 0.3 is 0 Å². The molecule has 0 aliphatic carbocycles. The summed E-state index contributed by atoms with van der Waals surface area (Å²) >= 11 is 5.20. The van der Waals surface area contributed by atoms with E-state index in [4.69, 9.17) is 0 Å². The first kappa shape index (κ1) is 13.2. The van der Waals surface area contributed by atoms with Gasteiger partial charge in [-0.1, -0.05) is 13.8 Å². The Morgan fingerprint density at radius 2 is 2.27 bits per heavy atom.